The van der Waals surface area contributed by atoms with Crippen LogP contribution in [-0.4, -0.2) is 28.1 Å². The van der Waals surface area contributed by atoms with Crippen LogP contribution in [0.2, 0.25) is 5.02 Å². The fraction of sp³-hybridized carbons (Fsp3) is 0.0833. The number of Topliss-reactive ketones (excluding diaryl/α,β-unsaturated/α-hetero) is 1. The summed E-state index contributed by atoms with van der Waals surface area (Å²) in [4.78, 5) is 13.1. The standard InChI is InChI=1S/C24H19ClN4O3S/c1-31-20-13-11-19(12-14-20)26-28-23(22(30)17-7-9-18(25)10-8-17)33-24-29-27-21(32-24)15-16-5-3-2-4-6-16/h2-14,26H,15H2,1H3/b28-23-. The number of anilines is 1. The molecule has 0 aliphatic heterocycles. The van der Waals surface area contributed by atoms with E-state index in [1.165, 1.54) is 0 Å². The summed E-state index contributed by atoms with van der Waals surface area (Å²) >= 11 is 6.95. The summed E-state index contributed by atoms with van der Waals surface area (Å²) in [7, 11) is 1.59. The Balaban J connectivity index is 1.55. The number of hydrogen-bond donors (Lipinski definition) is 1. The van der Waals surface area contributed by atoms with E-state index in [9.17, 15) is 4.79 Å². The molecule has 0 amide bonds. The largest absolute Gasteiger partial charge is 0.497 e. The molecule has 7 nitrogen and oxygen atoms in total. The first-order valence-electron chi connectivity index (χ1n) is 9.93. The molecule has 0 saturated carbocycles. The maximum absolute atomic E-state index is 13.1. The lowest BCUT2D eigenvalue weighted by Gasteiger charge is -2.06. The number of thioether (sulfide) groups is 1. The van der Waals surface area contributed by atoms with Gasteiger partial charge in [0.25, 0.3) is 5.22 Å². The minimum Gasteiger partial charge on any atom is -0.497 e. The van der Waals surface area contributed by atoms with Crippen LogP contribution in [0.5, 0.6) is 5.75 Å². The molecule has 1 N–H and O–H groups in total. The van der Waals surface area contributed by atoms with Gasteiger partial charge in [-0.1, -0.05) is 41.9 Å². The summed E-state index contributed by atoms with van der Waals surface area (Å²) < 4.78 is 10.9. The molecule has 0 unspecified atom stereocenters. The van der Waals surface area contributed by atoms with Crippen molar-refractivity contribution in [2.24, 2.45) is 5.10 Å². The van der Waals surface area contributed by atoms with E-state index in [0.717, 1.165) is 17.3 Å². The second kappa shape index (κ2) is 10.8. The summed E-state index contributed by atoms with van der Waals surface area (Å²) in [5.74, 6) is 0.860. The second-order valence-corrected chi connectivity index (χ2v) is 8.20. The van der Waals surface area contributed by atoms with Crippen LogP contribution in [0.1, 0.15) is 21.8 Å². The Morgan fingerprint density at radius 2 is 1.76 bits per heavy atom. The van der Waals surface area contributed by atoms with E-state index >= 15 is 0 Å². The highest BCUT2D eigenvalue weighted by atomic mass is 35.5. The van der Waals surface area contributed by atoms with Crippen molar-refractivity contribution < 1.29 is 13.9 Å². The van der Waals surface area contributed by atoms with Gasteiger partial charge in [-0.2, -0.15) is 5.10 Å². The van der Waals surface area contributed by atoms with Crippen LogP contribution < -0.4 is 10.2 Å². The van der Waals surface area contributed by atoms with Gasteiger partial charge >= 0.3 is 0 Å². The molecule has 4 aromatic rings. The molecule has 0 aliphatic rings. The predicted octanol–water partition coefficient (Wildman–Crippen LogP) is 5.72. The minimum absolute atomic E-state index is 0.142. The molecule has 0 radical (unpaired) electrons. The molecule has 33 heavy (non-hydrogen) atoms. The summed E-state index contributed by atoms with van der Waals surface area (Å²) in [5.41, 5.74) is 5.07. The average Bonchev–Trinajstić information content (AvgIpc) is 3.29. The van der Waals surface area contributed by atoms with Crippen molar-refractivity contribution >= 4 is 39.9 Å². The molecule has 0 aliphatic carbocycles. The number of methoxy groups -OCH3 is 1. The number of rotatable bonds is 8. The second-order valence-electron chi connectivity index (χ2n) is 6.82. The monoisotopic (exact) mass is 478 g/mol. The van der Waals surface area contributed by atoms with Crippen LogP contribution in [0.15, 0.2) is 93.6 Å². The number of halogens is 1. The summed E-state index contributed by atoms with van der Waals surface area (Å²) in [6, 6.07) is 23.6. The van der Waals surface area contributed by atoms with E-state index in [4.69, 9.17) is 20.8 Å². The maximum Gasteiger partial charge on any atom is 0.283 e. The molecule has 0 bridgehead atoms. The topological polar surface area (TPSA) is 89.6 Å². The fourth-order valence-corrected chi connectivity index (χ4v) is 3.64. The Morgan fingerprint density at radius 1 is 1.03 bits per heavy atom. The number of ether oxygens (including phenoxy) is 1. The average molecular weight is 479 g/mol. The smallest absolute Gasteiger partial charge is 0.283 e. The lowest BCUT2D eigenvalue weighted by atomic mass is 10.1. The zero-order valence-electron chi connectivity index (χ0n) is 17.6. The number of carbonyl (C=O) groups is 1. The lowest BCUT2D eigenvalue weighted by molar-refractivity contribution is 0.106. The highest BCUT2D eigenvalue weighted by Gasteiger charge is 2.20. The van der Waals surface area contributed by atoms with Crippen LogP contribution >= 0.6 is 23.4 Å². The highest BCUT2D eigenvalue weighted by Crippen LogP contribution is 2.23. The zero-order chi connectivity index (χ0) is 23.0. The molecule has 0 spiro atoms. The normalized spacial score (nSPS) is 11.3. The molecule has 0 fully saturated rings. The quantitative estimate of drug-likeness (QED) is 0.114. The maximum atomic E-state index is 13.1. The van der Waals surface area contributed by atoms with Crippen LogP contribution in [0.3, 0.4) is 0 Å². The number of hydrogen-bond acceptors (Lipinski definition) is 8. The van der Waals surface area contributed by atoms with Gasteiger partial charge in [0.2, 0.25) is 11.7 Å². The van der Waals surface area contributed by atoms with Crippen molar-refractivity contribution in [3.05, 3.63) is 101 Å². The summed E-state index contributed by atoms with van der Waals surface area (Å²) in [6.07, 6.45) is 0.496. The van der Waals surface area contributed by atoms with E-state index < -0.39 is 0 Å². The number of aromatic nitrogens is 2. The van der Waals surface area contributed by atoms with Crippen LogP contribution in [-0.2, 0) is 6.42 Å². The van der Waals surface area contributed by atoms with Crippen molar-refractivity contribution in [1.82, 2.24) is 10.2 Å². The van der Waals surface area contributed by atoms with Crippen LogP contribution in [0.4, 0.5) is 5.69 Å². The lowest BCUT2D eigenvalue weighted by Crippen LogP contribution is -2.13. The van der Waals surface area contributed by atoms with E-state index in [1.54, 1.807) is 55.6 Å². The third-order valence-corrected chi connectivity index (χ3v) is 5.57. The third kappa shape index (κ3) is 6.21. The predicted molar refractivity (Wildman–Crippen MR) is 129 cm³/mol. The molecule has 166 valence electrons. The van der Waals surface area contributed by atoms with Gasteiger partial charge in [0.05, 0.1) is 19.2 Å². The Hall–Kier alpha value is -3.62. The Labute approximate surface area is 199 Å². The number of carbonyl (C=O) groups excluding carboxylic acids is 1. The third-order valence-electron chi connectivity index (χ3n) is 4.51. The number of nitrogens with one attached hydrogen (secondary N) is 1. The van der Waals surface area contributed by atoms with Gasteiger partial charge in [-0.05, 0) is 65.9 Å². The van der Waals surface area contributed by atoms with Crippen LogP contribution in [0.25, 0.3) is 0 Å². The molecular formula is C24H19ClN4O3S. The molecule has 0 atom stereocenters. The van der Waals surface area contributed by atoms with Gasteiger partial charge in [-0.25, -0.2) is 0 Å². The Kier molecular flexibility index (Phi) is 7.39. The SMILES string of the molecule is COc1ccc(N/N=C(\Sc2nnc(Cc3ccccc3)o2)C(=O)c2ccc(Cl)cc2)cc1. The van der Waals surface area contributed by atoms with Crippen molar-refractivity contribution in [3.63, 3.8) is 0 Å². The molecule has 9 heteroatoms. The van der Waals surface area contributed by atoms with Crippen molar-refractivity contribution in [2.45, 2.75) is 11.6 Å². The first-order chi connectivity index (χ1) is 16.1. The van der Waals surface area contributed by atoms with Crippen LogP contribution in [0, 0.1) is 0 Å². The van der Waals surface area contributed by atoms with Gasteiger partial charge in [-0.3, -0.25) is 10.2 Å². The molecule has 1 heterocycles. The van der Waals surface area contributed by atoms with E-state index in [0.29, 0.717) is 34.3 Å². The van der Waals surface area contributed by atoms with Crippen molar-refractivity contribution in [1.29, 1.82) is 0 Å². The number of ketones is 1. The highest BCUT2D eigenvalue weighted by molar-refractivity contribution is 8.15. The van der Waals surface area contributed by atoms with Gasteiger partial charge < -0.3 is 9.15 Å². The molecule has 1 aromatic heterocycles. The Bertz CT molecular complexity index is 1240. The first kappa shape index (κ1) is 22.6. The fourth-order valence-electron chi connectivity index (χ4n) is 2.83. The van der Waals surface area contributed by atoms with E-state index in [1.807, 2.05) is 30.3 Å². The molecule has 4 rings (SSSR count). The molecule has 0 saturated heterocycles. The first-order valence-corrected chi connectivity index (χ1v) is 11.1. The zero-order valence-corrected chi connectivity index (χ0v) is 19.1. The number of nitrogens with zero attached hydrogens (tertiary/aromatic N) is 3. The van der Waals surface area contributed by atoms with E-state index in [-0.39, 0.29) is 16.0 Å². The summed E-state index contributed by atoms with van der Waals surface area (Å²) in [6.45, 7) is 0. The Morgan fingerprint density at radius 3 is 2.45 bits per heavy atom. The minimum atomic E-state index is -0.305. The van der Waals surface area contributed by atoms with Gasteiger partial charge in [-0.15, -0.1) is 10.2 Å². The number of benzene rings is 3. The molecular weight excluding hydrogens is 460 g/mol. The van der Waals surface area contributed by atoms with E-state index in [2.05, 4.69) is 20.7 Å². The van der Waals surface area contributed by atoms with Gasteiger partial charge in [0, 0.05) is 10.6 Å². The summed E-state index contributed by atoms with van der Waals surface area (Å²) in [5, 5.41) is 13.4. The number of hydrazone groups is 1. The van der Waals surface area contributed by atoms with Crippen molar-refractivity contribution in [3.8, 4) is 5.75 Å². The molecule has 3 aromatic carbocycles. The van der Waals surface area contributed by atoms with Gasteiger partial charge in [0.1, 0.15) is 5.75 Å². The van der Waals surface area contributed by atoms with Crippen molar-refractivity contribution in [2.75, 3.05) is 12.5 Å². The van der Waals surface area contributed by atoms with Gasteiger partial charge in [0.15, 0.2) is 5.04 Å².